The van der Waals surface area contributed by atoms with Crippen molar-refractivity contribution in [1.82, 2.24) is 9.97 Å². The Morgan fingerprint density at radius 1 is 1.10 bits per heavy atom. The van der Waals surface area contributed by atoms with Crippen LogP contribution in [0.15, 0.2) is 48.8 Å². The highest BCUT2D eigenvalue weighted by Crippen LogP contribution is 2.32. The molecule has 3 rings (SSSR count). The molecule has 2 aromatic heterocycles. The van der Waals surface area contributed by atoms with E-state index < -0.39 is 0 Å². The molecular formula is C15H12FN3S. The van der Waals surface area contributed by atoms with Crippen molar-refractivity contribution in [2.45, 2.75) is 6.42 Å². The molecule has 0 aliphatic heterocycles. The van der Waals surface area contributed by atoms with Gasteiger partial charge in [0, 0.05) is 29.3 Å². The predicted octanol–water partition coefficient (Wildman–Crippen LogP) is 3.52. The number of anilines is 1. The van der Waals surface area contributed by atoms with Crippen molar-refractivity contribution < 1.29 is 4.39 Å². The van der Waals surface area contributed by atoms with Crippen LogP contribution in [0.1, 0.15) is 10.4 Å². The summed E-state index contributed by atoms with van der Waals surface area (Å²) in [7, 11) is 0. The SMILES string of the molecule is Nc1nc(-c2ccccc2F)c(Cc2ccncc2)s1. The Balaban J connectivity index is 2.03. The molecule has 3 nitrogen and oxygen atoms in total. The molecule has 1 aromatic carbocycles. The van der Waals surface area contributed by atoms with Gasteiger partial charge in [-0.25, -0.2) is 9.37 Å². The Hall–Kier alpha value is -2.27. The van der Waals surface area contributed by atoms with Crippen LogP contribution in [0.5, 0.6) is 0 Å². The number of hydrogen-bond donors (Lipinski definition) is 1. The minimum Gasteiger partial charge on any atom is -0.375 e. The van der Waals surface area contributed by atoms with Crippen LogP contribution in [0.25, 0.3) is 11.3 Å². The minimum absolute atomic E-state index is 0.284. The van der Waals surface area contributed by atoms with Crippen molar-refractivity contribution in [3.8, 4) is 11.3 Å². The number of pyridine rings is 1. The lowest BCUT2D eigenvalue weighted by Crippen LogP contribution is -1.91. The molecular weight excluding hydrogens is 273 g/mol. The van der Waals surface area contributed by atoms with Crippen LogP contribution in [-0.2, 0) is 6.42 Å². The fourth-order valence-electron chi connectivity index (χ4n) is 2.04. The van der Waals surface area contributed by atoms with Crippen LogP contribution in [0, 0.1) is 5.82 Å². The first-order valence-corrected chi connectivity index (χ1v) is 6.94. The highest BCUT2D eigenvalue weighted by molar-refractivity contribution is 7.15. The third kappa shape index (κ3) is 2.53. The monoisotopic (exact) mass is 285 g/mol. The van der Waals surface area contributed by atoms with Gasteiger partial charge in [-0.2, -0.15) is 0 Å². The maximum atomic E-state index is 13.9. The van der Waals surface area contributed by atoms with E-state index in [2.05, 4.69) is 9.97 Å². The molecule has 0 saturated carbocycles. The molecule has 0 spiro atoms. The second-order valence-corrected chi connectivity index (χ2v) is 5.45. The number of benzene rings is 1. The van der Waals surface area contributed by atoms with Gasteiger partial charge in [0.25, 0.3) is 0 Å². The van der Waals surface area contributed by atoms with Gasteiger partial charge in [0.15, 0.2) is 5.13 Å². The summed E-state index contributed by atoms with van der Waals surface area (Å²) >= 11 is 1.39. The van der Waals surface area contributed by atoms with Crippen molar-refractivity contribution >= 4 is 16.5 Å². The van der Waals surface area contributed by atoms with E-state index in [0.717, 1.165) is 10.4 Å². The van der Waals surface area contributed by atoms with Gasteiger partial charge in [-0.1, -0.05) is 12.1 Å². The second kappa shape index (κ2) is 5.38. The Labute approximate surface area is 119 Å². The van der Waals surface area contributed by atoms with Crippen molar-refractivity contribution in [3.05, 3.63) is 65.0 Å². The van der Waals surface area contributed by atoms with E-state index in [1.165, 1.54) is 17.4 Å². The normalized spacial score (nSPS) is 10.7. The number of nitrogens with zero attached hydrogens (tertiary/aromatic N) is 2. The molecule has 20 heavy (non-hydrogen) atoms. The average molecular weight is 285 g/mol. The summed E-state index contributed by atoms with van der Waals surface area (Å²) in [5.41, 5.74) is 8.01. The summed E-state index contributed by atoms with van der Waals surface area (Å²) in [6.45, 7) is 0. The van der Waals surface area contributed by atoms with Gasteiger partial charge < -0.3 is 5.73 Å². The molecule has 0 saturated heterocycles. The van der Waals surface area contributed by atoms with Gasteiger partial charge in [0.1, 0.15) is 5.82 Å². The number of thiazole rings is 1. The topological polar surface area (TPSA) is 51.8 Å². The lowest BCUT2D eigenvalue weighted by atomic mass is 10.1. The van der Waals surface area contributed by atoms with Crippen LogP contribution in [0.4, 0.5) is 9.52 Å². The predicted molar refractivity (Wildman–Crippen MR) is 79.0 cm³/mol. The second-order valence-electron chi connectivity index (χ2n) is 4.34. The Morgan fingerprint density at radius 2 is 1.85 bits per heavy atom. The summed E-state index contributed by atoms with van der Waals surface area (Å²) in [4.78, 5) is 9.23. The lowest BCUT2D eigenvalue weighted by molar-refractivity contribution is 0.630. The van der Waals surface area contributed by atoms with E-state index in [-0.39, 0.29) is 5.82 Å². The molecule has 0 bridgehead atoms. The van der Waals surface area contributed by atoms with Gasteiger partial charge in [-0.15, -0.1) is 11.3 Å². The summed E-state index contributed by atoms with van der Waals surface area (Å²) in [6, 6.07) is 10.5. The number of halogens is 1. The maximum absolute atomic E-state index is 13.9. The van der Waals surface area contributed by atoms with Crippen molar-refractivity contribution in [2.24, 2.45) is 0 Å². The molecule has 5 heteroatoms. The zero-order chi connectivity index (χ0) is 13.9. The molecule has 100 valence electrons. The van der Waals surface area contributed by atoms with Gasteiger partial charge in [0.2, 0.25) is 0 Å². The van der Waals surface area contributed by atoms with E-state index in [4.69, 9.17) is 5.73 Å². The number of nitrogens with two attached hydrogens (primary N) is 1. The number of hydrogen-bond acceptors (Lipinski definition) is 4. The lowest BCUT2D eigenvalue weighted by Gasteiger charge is -2.03. The van der Waals surface area contributed by atoms with E-state index in [1.807, 2.05) is 12.1 Å². The zero-order valence-corrected chi connectivity index (χ0v) is 11.4. The third-order valence-electron chi connectivity index (χ3n) is 2.96. The standard InChI is InChI=1S/C15H12FN3S/c16-12-4-2-1-3-11(12)14-13(20-15(17)19-14)9-10-5-7-18-8-6-10/h1-8H,9H2,(H2,17,19). The van der Waals surface area contributed by atoms with Crippen LogP contribution in [-0.4, -0.2) is 9.97 Å². The molecule has 0 atom stereocenters. The molecule has 0 aliphatic rings. The fraction of sp³-hybridized carbons (Fsp3) is 0.0667. The average Bonchev–Trinajstić information content (AvgIpc) is 2.81. The molecule has 0 fully saturated rings. The molecule has 3 aromatic rings. The Morgan fingerprint density at radius 3 is 2.60 bits per heavy atom. The molecule has 0 aliphatic carbocycles. The highest BCUT2D eigenvalue weighted by Gasteiger charge is 2.15. The van der Waals surface area contributed by atoms with Crippen molar-refractivity contribution in [2.75, 3.05) is 5.73 Å². The van der Waals surface area contributed by atoms with Gasteiger partial charge in [-0.05, 0) is 29.8 Å². The summed E-state index contributed by atoms with van der Waals surface area (Å²) in [6.07, 6.45) is 4.14. The molecule has 0 radical (unpaired) electrons. The molecule has 0 unspecified atom stereocenters. The van der Waals surface area contributed by atoms with Gasteiger partial charge in [-0.3, -0.25) is 4.98 Å². The first-order valence-electron chi connectivity index (χ1n) is 6.13. The van der Waals surface area contributed by atoms with E-state index in [9.17, 15) is 4.39 Å². The van der Waals surface area contributed by atoms with Crippen LogP contribution < -0.4 is 5.73 Å². The molecule has 2 heterocycles. The van der Waals surface area contributed by atoms with E-state index in [1.54, 1.807) is 30.6 Å². The van der Waals surface area contributed by atoms with E-state index >= 15 is 0 Å². The van der Waals surface area contributed by atoms with Crippen molar-refractivity contribution in [3.63, 3.8) is 0 Å². The molecule has 2 N–H and O–H groups in total. The van der Waals surface area contributed by atoms with Crippen LogP contribution in [0.2, 0.25) is 0 Å². The quantitative estimate of drug-likeness (QED) is 0.801. The molecule has 0 amide bonds. The Kier molecular flexibility index (Phi) is 3.43. The fourth-order valence-corrected chi connectivity index (χ4v) is 2.92. The maximum Gasteiger partial charge on any atom is 0.180 e. The number of nitrogen functional groups attached to an aromatic ring is 1. The van der Waals surface area contributed by atoms with Crippen molar-refractivity contribution in [1.29, 1.82) is 0 Å². The number of aromatic nitrogens is 2. The zero-order valence-electron chi connectivity index (χ0n) is 10.6. The smallest absolute Gasteiger partial charge is 0.180 e. The minimum atomic E-state index is -0.284. The van der Waals surface area contributed by atoms with Gasteiger partial charge in [0.05, 0.1) is 5.69 Å². The summed E-state index contributed by atoms with van der Waals surface area (Å²) in [5.74, 6) is -0.284. The van der Waals surface area contributed by atoms with E-state index in [0.29, 0.717) is 22.8 Å². The van der Waals surface area contributed by atoms with Crippen LogP contribution in [0.3, 0.4) is 0 Å². The summed E-state index contributed by atoms with van der Waals surface area (Å²) in [5, 5.41) is 0.451. The van der Waals surface area contributed by atoms with Crippen LogP contribution >= 0.6 is 11.3 Å². The third-order valence-corrected chi connectivity index (χ3v) is 3.84. The first kappa shape index (κ1) is 12.7. The Bertz CT molecular complexity index is 725. The largest absolute Gasteiger partial charge is 0.375 e. The first-order chi connectivity index (χ1) is 9.74. The van der Waals surface area contributed by atoms with Gasteiger partial charge >= 0.3 is 0 Å². The number of rotatable bonds is 3. The highest BCUT2D eigenvalue weighted by atomic mass is 32.1. The summed E-state index contributed by atoms with van der Waals surface area (Å²) < 4.78 is 13.9.